The molecule has 1 nitrogen and oxygen atoms in total. The molecule has 0 aromatic carbocycles. The molecule has 0 bridgehead atoms. The third kappa shape index (κ3) is 58.2. The Balaban J connectivity index is -0.00000000500. The first-order valence-corrected chi connectivity index (χ1v) is 0.753. The molecular weight excluding hydrogens is 105 g/mol. The Bertz CT molecular complexity index is 6.00. The monoisotopic (exact) mass is 105 g/mol. The molecule has 0 unspecified atom stereocenters. The molecule has 0 aliphatic rings. The molecule has 0 heterocycles. The molecule has 4 heteroatoms. The van der Waals surface area contributed by atoms with Gasteiger partial charge in [-0.3, -0.25) is 0 Å². The molecule has 0 amide bonds. The van der Waals surface area contributed by atoms with E-state index in [4.69, 9.17) is 3.67 Å². The van der Waals surface area contributed by atoms with Crippen molar-refractivity contribution in [1.82, 2.24) is 0 Å². The predicted octanol–water partition coefficient (Wildman–Crippen LogP) is -6.11. The van der Waals surface area contributed by atoms with Gasteiger partial charge in [0.05, 0.1) is 0 Å². The average Bonchev–Trinajstić information content (AvgIpc) is 1.00. The van der Waals surface area contributed by atoms with E-state index in [2.05, 4.69) is 0 Å². The molecule has 0 radical (unpaired) electrons. The Morgan fingerprint density at radius 3 is 1.00 bits per heavy atom. The molecule has 0 aliphatic heterocycles. The van der Waals surface area contributed by atoms with Gasteiger partial charge >= 0.3 is 21.0 Å². The van der Waals surface area contributed by atoms with Gasteiger partial charge in [-0.1, -0.05) is 0 Å². The predicted molar refractivity (Wildman–Crippen MR) is 0.686 cm³/mol. The quantitative estimate of drug-likeness (QED) is 0.299. The summed E-state index contributed by atoms with van der Waals surface area (Å²) < 4.78 is 8.19. The SMILES string of the molecule is [F-].[F-].[O]=[V+2]. The van der Waals surface area contributed by atoms with Crippen LogP contribution in [-0.2, 0) is 21.0 Å². The van der Waals surface area contributed by atoms with E-state index in [0.29, 0.717) is 0 Å². The van der Waals surface area contributed by atoms with E-state index in [1.807, 2.05) is 0 Å². The van der Waals surface area contributed by atoms with Gasteiger partial charge in [0.1, 0.15) is 0 Å². The van der Waals surface area contributed by atoms with Crippen LogP contribution < -0.4 is 9.41 Å². The Morgan fingerprint density at radius 1 is 1.00 bits per heavy atom. The Hall–Kier alpha value is 0.244. The van der Waals surface area contributed by atoms with Crippen molar-refractivity contribution < 1.29 is 30.5 Å². The van der Waals surface area contributed by atoms with E-state index in [-0.39, 0.29) is 9.41 Å². The summed E-state index contributed by atoms with van der Waals surface area (Å²) in [6.07, 6.45) is 0. The summed E-state index contributed by atoms with van der Waals surface area (Å²) >= 11 is 1.06. The molecule has 0 aromatic heterocycles. The summed E-state index contributed by atoms with van der Waals surface area (Å²) in [7, 11) is 0. The van der Waals surface area contributed by atoms with Crippen LogP contribution in [0, 0.1) is 0 Å². The number of hydrogen-bond donors (Lipinski definition) is 0. The Labute approximate surface area is 31.3 Å². The molecule has 0 fully saturated rings. The van der Waals surface area contributed by atoms with Gasteiger partial charge in [-0.05, 0) is 0 Å². The summed E-state index contributed by atoms with van der Waals surface area (Å²) in [4.78, 5) is 0. The zero-order valence-electron chi connectivity index (χ0n) is 1.61. The molecule has 4 heavy (non-hydrogen) atoms. The molecular formula is F2OV. The zero-order valence-corrected chi connectivity index (χ0v) is 3.01. The summed E-state index contributed by atoms with van der Waals surface area (Å²) in [6, 6.07) is 0. The molecule has 0 rings (SSSR count). The van der Waals surface area contributed by atoms with Crippen LogP contribution in [0.15, 0.2) is 0 Å². The maximum atomic E-state index is 8.19. The molecule has 0 spiro atoms. The van der Waals surface area contributed by atoms with Crippen molar-refractivity contribution in [3.63, 3.8) is 0 Å². The number of halogens is 2. The molecule has 25 valence electrons. The van der Waals surface area contributed by atoms with Crippen LogP contribution in [0.4, 0.5) is 0 Å². The van der Waals surface area contributed by atoms with Crippen LogP contribution >= 0.6 is 0 Å². The van der Waals surface area contributed by atoms with Gasteiger partial charge in [-0.2, -0.15) is 0 Å². The second-order valence-electron chi connectivity index (χ2n) is 0. The standard InChI is InChI=1S/2FH.O.V/h2*1H;;/q;;;+2/p-2. The van der Waals surface area contributed by atoms with Gasteiger partial charge in [0.25, 0.3) is 0 Å². The minimum atomic E-state index is 0. The first-order valence-electron chi connectivity index (χ1n) is 0.183. The van der Waals surface area contributed by atoms with Crippen LogP contribution in [0.1, 0.15) is 0 Å². The fraction of sp³-hybridized carbons (Fsp3) is 0. The fourth-order valence-electron chi connectivity index (χ4n) is 0. The van der Waals surface area contributed by atoms with Crippen molar-refractivity contribution in [3.8, 4) is 0 Å². The molecule has 0 aromatic rings. The van der Waals surface area contributed by atoms with E-state index >= 15 is 0 Å². The van der Waals surface area contributed by atoms with Crippen molar-refractivity contribution >= 4 is 0 Å². The second-order valence-corrected chi connectivity index (χ2v) is 0. The van der Waals surface area contributed by atoms with Crippen LogP contribution in [0.5, 0.6) is 0 Å². The minimum absolute atomic E-state index is 0. The van der Waals surface area contributed by atoms with Gasteiger partial charge < -0.3 is 9.41 Å². The molecule has 0 atom stereocenters. The van der Waals surface area contributed by atoms with E-state index in [1.165, 1.54) is 0 Å². The van der Waals surface area contributed by atoms with E-state index < -0.39 is 0 Å². The van der Waals surface area contributed by atoms with Gasteiger partial charge in [0.2, 0.25) is 0 Å². The number of rotatable bonds is 0. The van der Waals surface area contributed by atoms with Crippen molar-refractivity contribution in [3.05, 3.63) is 0 Å². The van der Waals surface area contributed by atoms with E-state index in [0.717, 1.165) is 17.4 Å². The summed E-state index contributed by atoms with van der Waals surface area (Å²) in [5, 5.41) is 0. The van der Waals surface area contributed by atoms with E-state index in [1.54, 1.807) is 0 Å². The fourth-order valence-corrected chi connectivity index (χ4v) is 0. The van der Waals surface area contributed by atoms with Crippen molar-refractivity contribution in [2.24, 2.45) is 0 Å². The van der Waals surface area contributed by atoms with Crippen molar-refractivity contribution in [1.29, 1.82) is 0 Å². The van der Waals surface area contributed by atoms with Gasteiger partial charge in [0.15, 0.2) is 0 Å². The summed E-state index contributed by atoms with van der Waals surface area (Å²) in [5.41, 5.74) is 0. The van der Waals surface area contributed by atoms with Gasteiger partial charge in [-0.25, -0.2) is 0 Å². The average molecular weight is 105 g/mol. The van der Waals surface area contributed by atoms with Crippen LogP contribution in [0.2, 0.25) is 0 Å². The first kappa shape index (κ1) is 28.9. The Morgan fingerprint density at radius 2 is 1.00 bits per heavy atom. The normalized spacial score (nSPS) is 1.50. The zero-order chi connectivity index (χ0) is 2.00. The summed E-state index contributed by atoms with van der Waals surface area (Å²) in [6.45, 7) is 0. The number of hydrogen-bond acceptors (Lipinski definition) is 1. The van der Waals surface area contributed by atoms with Crippen molar-refractivity contribution in [2.75, 3.05) is 0 Å². The van der Waals surface area contributed by atoms with E-state index in [9.17, 15) is 0 Å². The molecule has 0 saturated carbocycles. The molecule has 0 saturated heterocycles. The Kier molecular flexibility index (Phi) is 1970. The van der Waals surface area contributed by atoms with Crippen LogP contribution in [-0.4, -0.2) is 0 Å². The summed E-state index contributed by atoms with van der Waals surface area (Å²) in [5.74, 6) is 0. The van der Waals surface area contributed by atoms with Crippen molar-refractivity contribution in [2.45, 2.75) is 0 Å². The first-order chi connectivity index (χ1) is 1.00. The van der Waals surface area contributed by atoms with Gasteiger partial charge in [-0.15, -0.1) is 0 Å². The molecule has 0 aliphatic carbocycles. The second kappa shape index (κ2) is 274. The topological polar surface area (TPSA) is 17.1 Å². The van der Waals surface area contributed by atoms with Crippen LogP contribution in [0.3, 0.4) is 0 Å². The third-order valence-electron chi connectivity index (χ3n) is 0. The third-order valence-corrected chi connectivity index (χ3v) is 0. The maximum absolute atomic E-state index is 8.19. The van der Waals surface area contributed by atoms with Crippen LogP contribution in [0.25, 0.3) is 0 Å². The van der Waals surface area contributed by atoms with Gasteiger partial charge in [0, 0.05) is 0 Å². The molecule has 0 N–H and O–H groups in total.